The summed E-state index contributed by atoms with van der Waals surface area (Å²) in [5.41, 5.74) is 2.45. The normalized spacial score (nSPS) is 13.0. The van der Waals surface area contributed by atoms with E-state index in [2.05, 4.69) is 47.7 Å². The number of aliphatic imine (C=N–C) groups is 1. The van der Waals surface area contributed by atoms with Crippen LogP contribution in [0.4, 0.5) is 0 Å². The number of benzene rings is 1. The zero-order valence-corrected chi connectivity index (χ0v) is 14.5. The van der Waals surface area contributed by atoms with Gasteiger partial charge in [-0.05, 0) is 24.5 Å². The third-order valence-corrected chi connectivity index (χ3v) is 3.71. The predicted molar refractivity (Wildman–Crippen MR) is 94.1 cm³/mol. The van der Waals surface area contributed by atoms with Gasteiger partial charge in [0.05, 0.1) is 6.61 Å². The summed E-state index contributed by atoms with van der Waals surface area (Å²) in [5, 5.41) is 6.84. The lowest BCUT2D eigenvalue weighted by molar-refractivity contribution is 0.184. The largest absolute Gasteiger partial charge is 0.380 e. The smallest absolute Gasteiger partial charge is 0.191 e. The minimum Gasteiger partial charge on any atom is -0.380 e. The molecule has 22 heavy (non-hydrogen) atoms. The Morgan fingerprint density at radius 1 is 1.23 bits per heavy atom. The molecule has 4 nitrogen and oxygen atoms in total. The first kappa shape index (κ1) is 18.5. The van der Waals surface area contributed by atoms with E-state index in [-0.39, 0.29) is 0 Å². The van der Waals surface area contributed by atoms with E-state index in [9.17, 15) is 0 Å². The van der Waals surface area contributed by atoms with Crippen molar-refractivity contribution >= 4 is 5.96 Å². The Hall–Kier alpha value is -1.55. The van der Waals surface area contributed by atoms with Gasteiger partial charge in [-0.1, -0.05) is 50.5 Å². The molecule has 124 valence electrons. The summed E-state index contributed by atoms with van der Waals surface area (Å²) in [6, 6.07) is 8.76. The molecule has 0 fully saturated rings. The van der Waals surface area contributed by atoms with Crippen molar-refractivity contribution in [2.24, 2.45) is 4.99 Å². The summed E-state index contributed by atoms with van der Waals surface area (Å²) < 4.78 is 5.25. The summed E-state index contributed by atoms with van der Waals surface area (Å²) in [6.07, 6.45) is 4.99. The second-order valence-corrected chi connectivity index (χ2v) is 5.67. The van der Waals surface area contributed by atoms with Gasteiger partial charge in [0.2, 0.25) is 0 Å². The molecule has 0 saturated heterocycles. The Kier molecular flexibility index (Phi) is 9.31. The van der Waals surface area contributed by atoms with Crippen molar-refractivity contribution in [1.82, 2.24) is 10.6 Å². The highest BCUT2D eigenvalue weighted by Crippen LogP contribution is 2.09. The van der Waals surface area contributed by atoms with Crippen LogP contribution in [0, 0.1) is 0 Å². The summed E-state index contributed by atoms with van der Waals surface area (Å²) >= 11 is 0. The Labute approximate surface area is 135 Å². The molecule has 0 aliphatic carbocycles. The first-order valence-corrected chi connectivity index (χ1v) is 8.24. The number of hydrogen-bond acceptors (Lipinski definition) is 2. The molecule has 1 rings (SSSR count). The number of nitrogens with one attached hydrogen (secondary N) is 2. The van der Waals surface area contributed by atoms with Gasteiger partial charge in [0.1, 0.15) is 0 Å². The molecule has 1 atom stereocenters. The molecule has 1 unspecified atom stereocenters. The van der Waals surface area contributed by atoms with Gasteiger partial charge in [0.25, 0.3) is 0 Å². The number of rotatable bonds is 9. The maximum atomic E-state index is 5.25. The maximum absolute atomic E-state index is 5.25. The molecule has 2 N–H and O–H groups in total. The zero-order chi connectivity index (χ0) is 16.2. The van der Waals surface area contributed by atoms with Crippen LogP contribution in [0.3, 0.4) is 0 Å². The maximum Gasteiger partial charge on any atom is 0.191 e. The molecule has 0 amide bonds. The minimum absolute atomic E-state index is 0.437. The third kappa shape index (κ3) is 6.94. The summed E-state index contributed by atoms with van der Waals surface area (Å²) in [7, 11) is 3.54. The van der Waals surface area contributed by atoms with E-state index in [0.717, 1.165) is 12.5 Å². The third-order valence-electron chi connectivity index (χ3n) is 3.71. The van der Waals surface area contributed by atoms with Gasteiger partial charge < -0.3 is 15.4 Å². The van der Waals surface area contributed by atoms with E-state index >= 15 is 0 Å². The monoisotopic (exact) mass is 305 g/mol. The molecule has 1 aromatic carbocycles. The van der Waals surface area contributed by atoms with Crippen LogP contribution in [0.5, 0.6) is 0 Å². The Morgan fingerprint density at radius 2 is 1.95 bits per heavy atom. The van der Waals surface area contributed by atoms with Crippen LogP contribution in [-0.2, 0) is 17.9 Å². The van der Waals surface area contributed by atoms with Gasteiger partial charge in [-0.25, -0.2) is 0 Å². The number of ether oxygens (including phenoxy) is 1. The number of hydrogen-bond donors (Lipinski definition) is 2. The summed E-state index contributed by atoms with van der Waals surface area (Å²) in [5.74, 6) is 0.858. The molecular weight excluding hydrogens is 274 g/mol. The molecule has 0 saturated carbocycles. The summed E-state index contributed by atoms with van der Waals surface area (Å²) in [6.45, 7) is 5.83. The first-order chi connectivity index (χ1) is 10.7. The van der Waals surface area contributed by atoms with Crippen molar-refractivity contribution in [2.45, 2.75) is 58.7 Å². The fraction of sp³-hybridized carbons (Fsp3) is 0.611. The Bertz CT molecular complexity index is 446. The fourth-order valence-corrected chi connectivity index (χ4v) is 2.41. The van der Waals surface area contributed by atoms with Gasteiger partial charge in [0.15, 0.2) is 5.96 Å². The number of guanidine groups is 1. The first-order valence-electron chi connectivity index (χ1n) is 8.24. The van der Waals surface area contributed by atoms with Gasteiger partial charge in [0, 0.05) is 26.7 Å². The molecule has 0 radical (unpaired) electrons. The van der Waals surface area contributed by atoms with Gasteiger partial charge in [-0.2, -0.15) is 0 Å². The Morgan fingerprint density at radius 3 is 2.59 bits per heavy atom. The average Bonchev–Trinajstić information content (AvgIpc) is 2.53. The number of methoxy groups -OCH3 is 1. The molecule has 0 aromatic heterocycles. The van der Waals surface area contributed by atoms with Crippen molar-refractivity contribution in [3.05, 3.63) is 35.4 Å². The molecule has 0 aliphatic rings. The van der Waals surface area contributed by atoms with Crippen LogP contribution in [-0.4, -0.2) is 26.2 Å². The summed E-state index contributed by atoms with van der Waals surface area (Å²) in [4.78, 5) is 4.31. The van der Waals surface area contributed by atoms with Crippen molar-refractivity contribution in [1.29, 1.82) is 0 Å². The van der Waals surface area contributed by atoms with Crippen LogP contribution >= 0.6 is 0 Å². The highest BCUT2D eigenvalue weighted by molar-refractivity contribution is 5.79. The van der Waals surface area contributed by atoms with E-state index < -0.39 is 0 Å². The van der Waals surface area contributed by atoms with Crippen LogP contribution in [0.1, 0.15) is 50.7 Å². The highest BCUT2D eigenvalue weighted by Gasteiger charge is 2.06. The van der Waals surface area contributed by atoms with E-state index in [1.54, 1.807) is 7.11 Å². The van der Waals surface area contributed by atoms with Crippen molar-refractivity contribution < 1.29 is 4.74 Å². The second-order valence-electron chi connectivity index (χ2n) is 5.67. The van der Waals surface area contributed by atoms with Gasteiger partial charge in [-0.15, -0.1) is 0 Å². The van der Waals surface area contributed by atoms with Crippen LogP contribution in [0.2, 0.25) is 0 Å². The van der Waals surface area contributed by atoms with E-state index in [4.69, 9.17) is 4.74 Å². The van der Waals surface area contributed by atoms with E-state index in [1.165, 1.54) is 36.8 Å². The molecular formula is C18H31N3O. The standard InChI is InChI=1S/C18H31N3O/c1-5-6-7-10-15(2)21-18(19-3)20-13-16-11-8-9-12-17(16)14-22-4/h8-9,11-12,15H,5-7,10,13-14H2,1-4H3,(H2,19,20,21). The fourth-order valence-electron chi connectivity index (χ4n) is 2.41. The molecule has 0 heterocycles. The molecule has 0 aliphatic heterocycles. The Balaban J connectivity index is 2.47. The van der Waals surface area contributed by atoms with Crippen molar-refractivity contribution in [3.63, 3.8) is 0 Å². The van der Waals surface area contributed by atoms with E-state index in [1.807, 2.05) is 13.1 Å². The van der Waals surface area contributed by atoms with Gasteiger partial charge in [-0.3, -0.25) is 4.99 Å². The van der Waals surface area contributed by atoms with Crippen LogP contribution < -0.4 is 10.6 Å². The zero-order valence-electron chi connectivity index (χ0n) is 14.5. The van der Waals surface area contributed by atoms with Crippen LogP contribution in [0.25, 0.3) is 0 Å². The topological polar surface area (TPSA) is 45.7 Å². The predicted octanol–water partition coefficient (Wildman–Crippen LogP) is 3.47. The minimum atomic E-state index is 0.437. The SMILES string of the molecule is CCCCCC(C)NC(=NC)NCc1ccccc1COC. The van der Waals surface area contributed by atoms with Gasteiger partial charge >= 0.3 is 0 Å². The van der Waals surface area contributed by atoms with E-state index in [0.29, 0.717) is 12.6 Å². The molecule has 0 bridgehead atoms. The average molecular weight is 305 g/mol. The lowest BCUT2D eigenvalue weighted by atomic mass is 10.1. The molecule has 4 heteroatoms. The lowest BCUT2D eigenvalue weighted by Gasteiger charge is -2.18. The highest BCUT2D eigenvalue weighted by atomic mass is 16.5. The molecule has 1 aromatic rings. The lowest BCUT2D eigenvalue weighted by Crippen LogP contribution is -2.41. The van der Waals surface area contributed by atoms with Crippen molar-refractivity contribution in [3.8, 4) is 0 Å². The number of unbranched alkanes of at least 4 members (excludes halogenated alkanes) is 2. The van der Waals surface area contributed by atoms with Crippen LogP contribution in [0.15, 0.2) is 29.3 Å². The molecule has 0 spiro atoms. The quantitative estimate of drug-likeness (QED) is 0.417. The number of nitrogens with zero attached hydrogens (tertiary/aromatic N) is 1. The second kappa shape index (κ2) is 11.1. The van der Waals surface area contributed by atoms with Crippen molar-refractivity contribution in [2.75, 3.05) is 14.2 Å².